The zero-order valence-electron chi connectivity index (χ0n) is 17.9. The van der Waals surface area contributed by atoms with Gasteiger partial charge in [0.1, 0.15) is 28.5 Å². The van der Waals surface area contributed by atoms with Crippen molar-refractivity contribution < 1.29 is 4.79 Å². The maximum atomic E-state index is 13.5. The Bertz CT molecular complexity index is 1320. The monoisotopic (exact) mass is 428 g/mol. The molecule has 1 saturated heterocycles. The minimum absolute atomic E-state index is 0.00729. The molecule has 1 unspecified atom stereocenters. The molecule has 3 aromatic rings. The van der Waals surface area contributed by atoms with Gasteiger partial charge in [0.25, 0.3) is 5.56 Å². The predicted molar refractivity (Wildman–Crippen MR) is 122 cm³/mol. The van der Waals surface area contributed by atoms with E-state index in [0.717, 1.165) is 19.4 Å². The molecule has 1 fully saturated rings. The number of aromatic nitrogens is 3. The van der Waals surface area contributed by atoms with Crippen molar-refractivity contribution in [3.8, 4) is 17.9 Å². The summed E-state index contributed by atoms with van der Waals surface area (Å²) in [5.74, 6) is 6.29. The third kappa shape index (κ3) is 3.89. The summed E-state index contributed by atoms with van der Waals surface area (Å²) in [6.07, 6.45) is 3.16. The highest BCUT2D eigenvalue weighted by Crippen LogP contribution is 2.31. The van der Waals surface area contributed by atoms with E-state index in [0.29, 0.717) is 29.0 Å². The molecule has 3 heterocycles. The van der Waals surface area contributed by atoms with Gasteiger partial charge in [0, 0.05) is 24.7 Å². The number of fused-ring (bicyclic) bond motifs is 1. The molecule has 1 aliphatic rings. The number of nitriles is 1. The fourth-order valence-electron chi connectivity index (χ4n) is 4.18. The first kappa shape index (κ1) is 21.4. The lowest BCUT2D eigenvalue weighted by Crippen LogP contribution is -2.44. The van der Waals surface area contributed by atoms with Gasteiger partial charge in [-0.15, -0.1) is 5.92 Å². The van der Waals surface area contributed by atoms with E-state index in [1.165, 1.54) is 10.9 Å². The molecule has 2 aromatic heterocycles. The average Bonchev–Trinajstić information content (AvgIpc) is 3.14. The Morgan fingerprint density at radius 1 is 1.31 bits per heavy atom. The Morgan fingerprint density at radius 2 is 2.09 bits per heavy atom. The first-order valence-corrected chi connectivity index (χ1v) is 10.5. The molecule has 0 bridgehead atoms. The lowest BCUT2D eigenvalue weighted by Gasteiger charge is -2.33. The van der Waals surface area contributed by atoms with E-state index in [1.54, 1.807) is 35.8 Å². The molecule has 0 spiro atoms. The number of carbonyl (C=O) groups excluding carboxylic acids is 1. The third-order valence-corrected chi connectivity index (χ3v) is 5.69. The van der Waals surface area contributed by atoms with Crippen LogP contribution in [0.25, 0.3) is 11.0 Å². The zero-order valence-corrected chi connectivity index (χ0v) is 17.9. The summed E-state index contributed by atoms with van der Waals surface area (Å²) in [5.41, 5.74) is 7.27. The highest BCUT2D eigenvalue weighted by molar-refractivity contribution is 5.96. The van der Waals surface area contributed by atoms with Crippen LogP contribution in [0.4, 0.5) is 5.82 Å². The highest BCUT2D eigenvalue weighted by atomic mass is 16.1. The van der Waals surface area contributed by atoms with Gasteiger partial charge in [-0.25, -0.2) is 4.98 Å². The standard InChI is InChI=1S/C24H24N6O2/c1-2-3-12-30-22-21(19(13-25)23(30)28-11-7-10-18(26)14-28)27-16-29(24(22)32)15-20(31)17-8-5-4-6-9-17/h4-6,8-9,16,18H,7,10-12,14-15,26H2,1H3. The number of ketones is 1. The Labute approximate surface area is 185 Å². The molecule has 8 heteroatoms. The van der Waals surface area contributed by atoms with Crippen molar-refractivity contribution in [3.63, 3.8) is 0 Å². The number of hydrogen-bond acceptors (Lipinski definition) is 6. The average molecular weight is 428 g/mol. The molecule has 1 aliphatic heterocycles. The largest absolute Gasteiger partial charge is 0.355 e. The number of nitrogens with zero attached hydrogens (tertiary/aromatic N) is 5. The molecule has 0 amide bonds. The molecule has 0 saturated carbocycles. The Kier molecular flexibility index (Phi) is 6.07. The molecular formula is C24H24N6O2. The van der Waals surface area contributed by atoms with E-state index in [1.807, 2.05) is 11.0 Å². The Balaban J connectivity index is 1.86. The van der Waals surface area contributed by atoms with Gasteiger partial charge in [-0.05, 0) is 19.8 Å². The maximum Gasteiger partial charge on any atom is 0.278 e. The van der Waals surface area contributed by atoms with Crippen molar-refractivity contribution in [2.24, 2.45) is 5.73 Å². The number of hydrogen-bond donors (Lipinski definition) is 1. The van der Waals surface area contributed by atoms with Crippen molar-refractivity contribution in [3.05, 3.63) is 58.1 Å². The third-order valence-electron chi connectivity index (χ3n) is 5.69. The van der Waals surface area contributed by atoms with Crippen LogP contribution in [-0.2, 0) is 13.1 Å². The normalized spacial score (nSPS) is 15.8. The smallest absolute Gasteiger partial charge is 0.278 e. The van der Waals surface area contributed by atoms with Crippen LogP contribution in [0.3, 0.4) is 0 Å². The minimum Gasteiger partial charge on any atom is -0.355 e. The second-order valence-electron chi connectivity index (χ2n) is 7.84. The first-order chi connectivity index (χ1) is 15.5. The van der Waals surface area contributed by atoms with Gasteiger partial charge < -0.3 is 15.2 Å². The fourth-order valence-corrected chi connectivity index (χ4v) is 4.18. The highest BCUT2D eigenvalue weighted by Gasteiger charge is 2.28. The van der Waals surface area contributed by atoms with Crippen molar-refractivity contribution in [2.45, 2.75) is 38.9 Å². The van der Waals surface area contributed by atoms with Crippen LogP contribution < -0.4 is 16.2 Å². The van der Waals surface area contributed by atoms with Crippen LogP contribution in [0.2, 0.25) is 0 Å². The van der Waals surface area contributed by atoms with Gasteiger partial charge in [-0.1, -0.05) is 36.3 Å². The van der Waals surface area contributed by atoms with Crippen LogP contribution >= 0.6 is 0 Å². The number of Topliss-reactive ketones (excluding diaryl/α,β-unsaturated/α-hetero) is 1. The number of piperidine rings is 1. The van der Waals surface area contributed by atoms with Crippen molar-refractivity contribution in [2.75, 3.05) is 18.0 Å². The van der Waals surface area contributed by atoms with E-state index < -0.39 is 0 Å². The summed E-state index contributed by atoms with van der Waals surface area (Å²) in [6, 6.07) is 11.0. The minimum atomic E-state index is -0.374. The summed E-state index contributed by atoms with van der Waals surface area (Å²) < 4.78 is 3.04. The number of benzene rings is 1. The zero-order chi connectivity index (χ0) is 22.7. The molecule has 4 rings (SSSR count). The SMILES string of the molecule is CC#CCn1c(N2CCCC(N)C2)c(C#N)c2ncn(CC(=O)c3ccccc3)c(=O)c21. The van der Waals surface area contributed by atoms with Crippen LogP contribution in [0.1, 0.15) is 35.7 Å². The van der Waals surface area contributed by atoms with Gasteiger partial charge in [-0.2, -0.15) is 5.26 Å². The lowest BCUT2D eigenvalue weighted by atomic mass is 10.1. The fraction of sp³-hybridized carbons (Fsp3) is 0.333. The second-order valence-corrected chi connectivity index (χ2v) is 7.84. The van der Waals surface area contributed by atoms with Gasteiger partial charge in [0.2, 0.25) is 0 Å². The van der Waals surface area contributed by atoms with E-state index >= 15 is 0 Å². The summed E-state index contributed by atoms with van der Waals surface area (Å²) in [7, 11) is 0. The molecule has 2 N–H and O–H groups in total. The number of anilines is 1. The van der Waals surface area contributed by atoms with E-state index in [2.05, 4.69) is 22.9 Å². The maximum absolute atomic E-state index is 13.5. The van der Waals surface area contributed by atoms with Gasteiger partial charge in [-0.3, -0.25) is 14.2 Å². The van der Waals surface area contributed by atoms with Crippen LogP contribution in [-0.4, -0.2) is 39.0 Å². The van der Waals surface area contributed by atoms with E-state index in [9.17, 15) is 14.9 Å². The summed E-state index contributed by atoms with van der Waals surface area (Å²) in [5, 5.41) is 9.95. The molecule has 32 heavy (non-hydrogen) atoms. The molecule has 0 aliphatic carbocycles. The number of nitrogens with two attached hydrogens (primary N) is 1. The first-order valence-electron chi connectivity index (χ1n) is 10.5. The van der Waals surface area contributed by atoms with E-state index in [4.69, 9.17) is 5.73 Å². The van der Waals surface area contributed by atoms with Crippen molar-refractivity contribution >= 4 is 22.6 Å². The number of rotatable bonds is 5. The van der Waals surface area contributed by atoms with Gasteiger partial charge in [0.15, 0.2) is 5.78 Å². The van der Waals surface area contributed by atoms with Gasteiger partial charge >= 0.3 is 0 Å². The predicted octanol–water partition coefficient (Wildman–Crippen LogP) is 1.90. The Hall–Kier alpha value is -3.88. The van der Waals surface area contributed by atoms with Gasteiger partial charge in [0.05, 0.1) is 19.4 Å². The molecule has 0 radical (unpaired) electrons. The number of carbonyl (C=O) groups is 1. The molecular weight excluding hydrogens is 404 g/mol. The van der Waals surface area contributed by atoms with Crippen LogP contribution in [0.5, 0.6) is 0 Å². The van der Waals surface area contributed by atoms with Crippen LogP contribution in [0, 0.1) is 23.2 Å². The quantitative estimate of drug-likeness (QED) is 0.491. The molecule has 1 atom stereocenters. The summed E-state index contributed by atoms with van der Waals surface area (Å²) in [6.45, 7) is 3.15. The topological polar surface area (TPSA) is 110 Å². The molecule has 162 valence electrons. The van der Waals surface area contributed by atoms with E-state index in [-0.39, 0.29) is 36.0 Å². The van der Waals surface area contributed by atoms with Crippen molar-refractivity contribution in [1.29, 1.82) is 5.26 Å². The second kappa shape index (κ2) is 9.09. The molecule has 8 nitrogen and oxygen atoms in total. The Morgan fingerprint density at radius 3 is 2.78 bits per heavy atom. The van der Waals surface area contributed by atoms with Crippen molar-refractivity contribution in [1.82, 2.24) is 14.1 Å². The molecule has 1 aromatic carbocycles. The summed E-state index contributed by atoms with van der Waals surface area (Å²) >= 11 is 0. The van der Waals surface area contributed by atoms with Crippen LogP contribution in [0.15, 0.2) is 41.5 Å². The lowest BCUT2D eigenvalue weighted by molar-refractivity contribution is 0.0970. The summed E-state index contributed by atoms with van der Waals surface area (Å²) in [4.78, 5) is 32.6.